The first-order valence-corrected chi connectivity index (χ1v) is 11.7. The van der Waals surface area contributed by atoms with Crippen LogP contribution < -0.4 is 4.90 Å². The van der Waals surface area contributed by atoms with Crippen molar-refractivity contribution in [2.75, 3.05) is 4.90 Å². The molecule has 0 unspecified atom stereocenters. The van der Waals surface area contributed by atoms with E-state index in [1.54, 1.807) is 23.1 Å². The van der Waals surface area contributed by atoms with Crippen molar-refractivity contribution < 1.29 is 14.7 Å². The molecule has 0 aromatic heterocycles. The van der Waals surface area contributed by atoms with Gasteiger partial charge in [0, 0.05) is 16.7 Å². The zero-order valence-corrected chi connectivity index (χ0v) is 19.9. The number of hydrogen-bond acceptors (Lipinski definition) is 2. The van der Waals surface area contributed by atoms with Crippen molar-refractivity contribution in [2.45, 2.75) is 6.54 Å². The van der Waals surface area contributed by atoms with Crippen molar-refractivity contribution in [3.8, 4) is 0 Å². The number of hydrogen-bond donors (Lipinski definition) is 1. The van der Waals surface area contributed by atoms with Crippen molar-refractivity contribution in [1.82, 2.24) is 0 Å². The van der Waals surface area contributed by atoms with Crippen LogP contribution in [0.15, 0.2) is 97.1 Å². The molecule has 35 heavy (non-hydrogen) atoms. The third-order valence-electron chi connectivity index (χ3n) is 5.97. The van der Waals surface area contributed by atoms with Gasteiger partial charge in [-0.25, -0.2) is 4.79 Å². The molecule has 0 saturated heterocycles. The van der Waals surface area contributed by atoms with Crippen LogP contribution in [0, 0.1) is 0 Å². The fourth-order valence-electron chi connectivity index (χ4n) is 4.40. The largest absolute Gasteiger partial charge is 0.478 e. The number of amides is 1. The molecular weight excluding hydrogens is 481 g/mol. The second-order valence-electron chi connectivity index (χ2n) is 8.13. The van der Waals surface area contributed by atoms with Gasteiger partial charge < -0.3 is 10.0 Å². The van der Waals surface area contributed by atoms with E-state index < -0.39 is 5.97 Å². The Morgan fingerprint density at radius 1 is 0.800 bits per heavy atom. The fourth-order valence-corrected chi connectivity index (χ4v) is 4.80. The monoisotopic (exact) mass is 499 g/mol. The van der Waals surface area contributed by atoms with Gasteiger partial charge in [0.1, 0.15) is 0 Å². The SMILES string of the molecule is O=C(O)c1cccc(CN2C(=O)/C(=C(\c3ccccc3)c3cccc(Cl)c3Cl)c3ccccc32)c1. The molecule has 172 valence electrons. The average Bonchev–Trinajstić information content (AvgIpc) is 3.14. The summed E-state index contributed by atoms with van der Waals surface area (Å²) in [4.78, 5) is 27.2. The van der Waals surface area contributed by atoms with E-state index in [0.29, 0.717) is 26.8 Å². The van der Waals surface area contributed by atoms with Crippen molar-refractivity contribution in [3.05, 3.63) is 135 Å². The molecule has 1 aliphatic rings. The zero-order chi connectivity index (χ0) is 24.5. The van der Waals surface area contributed by atoms with Crippen LogP contribution in [0.5, 0.6) is 0 Å². The summed E-state index contributed by atoms with van der Waals surface area (Å²) in [6.45, 7) is 0.228. The molecule has 0 fully saturated rings. The van der Waals surface area contributed by atoms with E-state index in [-0.39, 0.29) is 18.0 Å². The molecule has 1 aliphatic heterocycles. The first-order valence-electron chi connectivity index (χ1n) is 10.9. The number of nitrogens with zero attached hydrogens (tertiary/aromatic N) is 1. The minimum Gasteiger partial charge on any atom is -0.478 e. The number of para-hydroxylation sites is 1. The van der Waals surface area contributed by atoms with Gasteiger partial charge in [0.15, 0.2) is 0 Å². The quantitative estimate of drug-likeness (QED) is 0.295. The van der Waals surface area contributed by atoms with E-state index in [1.807, 2.05) is 72.8 Å². The number of carboxylic acid groups (broad SMARTS) is 1. The Labute approximate surface area is 212 Å². The molecule has 0 bridgehead atoms. The van der Waals surface area contributed by atoms with Crippen molar-refractivity contribution in [1.29, 1.82) is 0 Å². The molecule has 4 aromatic carbocycles. The molecule has 0 aliphatic carbocycles. The van der Waals surface area contributed by atoms with Gasteiger partial charge in [0.2, 0.25) is 0 Å². The second kappa shape index (κ2) is 9.41. The molecule has 6 heteroatoms. The number of halogens is 2. The smallest absolute Gasteiger partial charge is 0.335 e. The second-order valence-corrected chi connectivity index (χ2v) is 8.92. The van der Waals surface area contributed by atoms with E-state index in [2.05, 4.69) is 0 Å². The maximum atomic E-state index is 14.0. The third-order valence-corrected chi connectivity index (χ3v) is 6.79. The Morgan fingerprint density at radius 3 is 2.26 bits per heavy atom. The normalized spacial score (nSPS) is 14.1. The molecule has 0 radical (unpaired) electrons. The third kappa shape index (κ3) is 4.23. The Bertz CT molecular complexity index is 1500. The van der Waals surface area contributed by atoms with Crippen molar-refractivity contribution in [3.63, 3.8) is 0 Å². The number of benzene rings is 4. The number of anilines is 1. The summed E-state index contributed by atoms with van der Waals surface area (Å²) in [6.07, 6.45) is 0. The summed E-state index contributed by atoms with van der Waals surface area (Å²) in [7, 11) is 0. The molecule has 0 atom stereocenters. The van der Waals surface area contributed by atoms with Crippen LogP contribution in [0.2, 0.25) is 10.0 Å². The molecule has 5 rings (SSSR count). The maximum absolute atomic E-state index is 14.0. The van der Waals surface area contributed by atoms with Crippen LogP contribution in [0.25, 0.3) is 11.1 Å². The lowest BCUT2D eigenvalue weighted by Gasteiger charge is -2.18. The highest BCUT2D eigenvalue weighted by Gasteiger charge is 2.35. The van der Waals surface area contributed by atoms with Crippen LogP contribution in [0.3, 0.4) is 0 Å². The lowest BCUT2D eigenvalue weighted by atomic mass is 9.90. The number of carbonyl (C=O) groups excluding carboxylic acids is 1. The number of aromatic carboxylic acids is 1. The topological polar surface area (TPSA) is 57.6 Å². The van der Waals surface area contributed by atoms with Crippen molar-refractivity contribution >= 4 is 51.9 Å². The summed E-state index contributed by atoms with van der Waals surface area (Å²) < 4.78 is 0. The number of carboxylic acids is 1. The lowest BCUT2D eigenvalue weighted by molar-refractivity contribution is -0.113. The summed E-state index contributed by atoms with van der Waals surface area (Å²) in [5.41, 5.74) is 5.14. The Balaban J connectivity index is 1.73. The summed E-state index contributed by atoms with van der Waals surface area (Å²) in [5, 5.41) is 10.2. The van der Waals surface area contributed by atoms with E-state index in [0.717, 1.165) is 22.4 Å². The van der Waals surface area contributed by atoms with Gasteiger partial charge in [-0.2, -0.15) is 0 Å². The lowest BCUT2D eigenvalue weighted by Crippen LogP contribution is -2.26. The molecule has 0 saturated carbocycles. The first kappa shape index (κ1) is 22.9. The highest BCUT2D eigenvalue weighted by atomic mass is 35.5. The minimum atomic E-state index is -1.01. The van der Waals surface area contributed by atoms with Crippen LogP contribution >= 0.6 is 23.2 Å². The van der Waals surface area contributed by atoms with E-state index in [1.165, 1.54) is 6.07 Å². The van der Waals surface area contributed by atoms with E-state index >= 15 is 0 Å². The first-order chi connectivity index (χ1) is 17.0. The van der Waals surface area contributed by atoms with Crippen LogP contribution in [0.4, 0.5) is 5.69 Å². The summed E-state index contributed by atoms with van der Waals surface area (Å²) in [5.74, 6) is -1.20. The number of rotatable bonds is 5. The molecule has 1 heterocycles. The summed E-state index contributed by atoms with van der Waals surface area (Å²) >= 11 is 13.0. The Morgan fingerprint density at radius 2 is 1.49 bits per heavy atom. The average molecular weight is 500 g/mol. The van der Waals surface area contributed by atoms with Crippen molar-refractivity contribution in [2.24, 2.45) is 0 Å². The van der Waals surface area contributed by atoms with E-state index in [9.17, 15) is 14.7 Å². The molecular formula is C29H19Cl2NO3. The van der Waals surface area contributed by atoms with Crippen LogP contribution in [0.1, 0.15) is 32.6 Å². The maximum Gasteiger partial charge on any atom is 0.335 e. The highest BCUT2D eigenvalue weighted by molar-refractivity contribution is 6.45. The molecule has 1 N–H and O–H groups in total. The van der Waals surface area contributed by atoms with Gasteiger partial charge in [0.25, 0.3) is 5.91 Å². The number of carbonyl (C=O) groups is 2. The molecule has 0 spiro atoms. The predicted octanol–water partition coefficient (Wildman–Crippen LogP) is 7.20. The van der Waals surface area contributed by atoms with Gasteiger partial charge in [-0.05, 0) is 35.4 Å². The van der Waals surface area contributed by atoms with Gasteiger partial charge in [-0.1, -0.05) is 96.0 Å². The number of fused-ring (bicyclic) bond motifs is 1. The van der Waals surface area contributed by atoms with E-state index in [4.69, 9.17) is 23.2 Å². The summed E-state index contributed by atoms with van der Waals surface area (Å²) in [6, 6.07) is 29.2. The Hall–Kier alpha value is -3.86. The van der Waals surface area contributed by atoms with Gasteiger partial charge in [0.05, 0.1) is 33.4 Å². The predicted molar refractivity (Wildman–Crippen MR) is 140 cm³/mol. The van der Waals surface area contributed by atoms with Crippen LogP contribution in [-0.4, -0.2) is 17.0 Å². The van der Waals surface area contributed by atoms with Gasteiger partial charge in [-0.15, -0.1) is 0 Å². The Kier molecular flexibility index (Phi) is 6.16. The zero-order valence-electron chi connectivity index (χ0n) is 18.4. The molecule has 4 nitrogen and oxygen atoms in total. The fraction of sp³-hybridized carbons (Fsp3) is 0.0345. The standard InChI is InChI=1S/C29H19Cl2NO3/c30-23-14-7-13-22(27(23)31)25(19-9-2-1-3-10-19)26-21-12-4-5-15-24(21)32(28(26)33)17-18-8-6-11-20(16-18)29(34)35/h1-16H,17H2,(H,34,35)/b26-25+. The van der Waals surface area contributed by atoms with Crippen LogP contribution in [-0.2, 0) is 11.3 Å². The van der Waals surface area contributed by atoms with Gasteiger partial charge >= 0.3 is 5.97 Å². The van der Waals surface area contributed by atoms with Gasteiger partial charge in [-0.3, -0.25) is 4.79 Å². The minimum absolute atomic E-state index is 0.175. The highest BCUT2D eigenvalue weighted by Crippen LogP contribution is 2.45. The molecule has 1 amide bonds. The molecule has 4 aromatic rings.